The summed E-state index contributed by atoms with van der Waals surface area (Å²) in [5, 5.41) is 10.1. The number of hydrogen-bond acceptors (Lipinski definition) is 6. The third kappa shape index (κ3) is 5.35. The molecule has 0 radical (unpaired) electrons. The van der Waals surface area contributed by atoms with E-state index in [0.29, 0.717) is 6.54 Å². The van der Waals surface area contributed by atoms with Gasteiger partial charge in [-0.3, -0.25) is 9.59 Å². The number of nitrogens with zero attached hydrogens (tertiary/aromatic N) is 2. The molecule has 0 saturated carbocycles. The molecule has 9 heteroatoms. The Morgan fingerprint density at radius 3 is 2.47 bits per heavy atom. The number of aliphatic hydroxyl groups is 1. The molecule has 0 aromatic heterocycles. The number of β-amino-alcohol motifs (C(OH)–C–C–N with tert-alkyl or cyclic N) is 1. The van der Waals surface area contributed by atoms with Crippen LogP contribution in [0, 0.1) is 13.8 Å². The van der Waals surface area contributed by atoms with Gasteiger partial charge in [-0.2, -0.15) is 4.31 Å². The van der Waals surface area contributed by atoms with Gasteiger partial charge in [-0.25, -0.2) is 8.42 Å². The summed E-state index contributed by atoms with van der Waals surface area (Å²) < 4.78 is 32.4. The standard InChI is InChI=1S/C23H28N2O6S/c1-16-9-10-20(11-17(16)2)32(29,30)25-14-19(26)12-21(25)23(28)31-15-22(27)24(3)13-18-7-5-4-6-8-18/h4-11,19,21,26H,12-15H2,1-3H3/t19?,21-/m0/s1. The maximum Gasteiger partial charge on any atom is 0.325 e. The molecule has 0 bridgehead atoms. The Labute approximate surface area is 188 Å². The van der Waals surface area contributed by atoms with Crippen LogP contribution in [0.5, 0.6) is 0 Å². The van der Waals surface area contributed by atoms with E-state index in [-0.39, 0.29) is 17.9 Å². The monoisotopic (exact) mass is 460 g/mol. The van der Waals surface area contributed by atoms with Crippen LogP contribution in [-0.4, -0.2) is 67.0 Å². The molecule has 3 rings (SSSR count). The maximum absolute atomic E-state index is 13.1. The van der Waals surface area contributed by atoms with Crippen LogP contribution in [0.3, 0.4) is 0 Å². The number of sulfonamides is 1. The van der Waals surface area contributed by atoms with Gasteiger partial charge in [-0.1, -0.05) is 36.4 Å². The zero-order chi connectivity index (χ0) is 23.5. The molecule has 1 heterocycles. The molecule has 2 aromatic carbocycles. The first kappa shape index (κ1) is 23.9. The number of ether oxygens (including phenoxy) is 1. The number of rotatable bonds is 7. The Kier molecular flexibility index (Phi) is 7.33. The Hall–Kier alpha value is -2.75. The molecule has 8 nitrogen and oxygen atoms in total. The third-order valence-corrected chi connectivity index (χ3v) is 7.49. The number of hydrogen-bond donors (Lipinski definition) is 1. The van der Waals surface area contributed by atoms with E-state index >= 15 is 0 Å². The van der Waals surface area contributed by atoms with Gasteiger partial charge in [0.25, 0.3) is 5.91 Å². The van der Waals surface area contributed by atoms with Crippen LogP contribution in [0.1, 0.15) is 23.1 Å². The highest BCUT2D eigenvalue weighted by atomic mass is 32.2. The van der Waals surface area contributed by atoms with Crippen molar-refractivity contribution in [3.63, 3.8) is 0 Å². The van der Waals surface area contributed by atoms with Crippen molar-refractivity contribution in [2.24, 2.45) is 0 Å². The first-order chi connectivity index (χ1) is 15.1. The zero-order valence-electron chi connectivity index (χ0n) is 18.4. The number of esters is 1. The molecule has 1 N–H and O–H groups in total. The van der Waals surface area contributed by atoms with Gasteiger partial charge in [-0.15, -0.1) is 0 Å². The van der Waals surface area contributed by atoms with E-state index in [0.717, 1.165) is 21.0 Å². The molecular formula is C23H28N2O6S. The summed E-state index contributed by atoms with van der Waals surface area (Å²) in [6.45, 7) is 3.31. The number of likely N-dealkylation sites (N-methyl/N-ethyl adjacent to an activating group) is 1. The molecule has 172 valence electrons. The normalized spacial score (nSPS) is 19.0. The second-order valence-electron chi connectivity index (χ2n) is 8.07. The van der Waals surface area contributed by atoms with Crippen molar-refractivity contribution in [2.45, 2.75) is 43.9 Å². The molecule has 1 fully saturated rings. The van der Waals surface area contributed by atoms with Crippen molar-refractivity contribution in [2.75, 3.05) is 20.2 Å². The molecule has 32 heavy (non-hydrogen) atoms. The fourth-order valence-electron chi connectivity index (χ4n) is 3.56. The van der Waals surface area contributed by atoms with Crippen LogP contribution in [0.25, 0.3) is 0 Å². The van der Waals surface area contributed by atoms with E-state index in [2.05, 4.69) is 0 Å². The molecule has 0 spiro atoms. The number of aliphatic hydroxyl groups excluding tert-OH is 1. The van der Waals surface area contributed by atoms with Crippen LogP contribution < -0.4 is 0 Å². The molecule has 0 aliphatic carbocycles. The minimum Gasteiger partial charge on any atom is -0.454 e. The predicted molar refractivity (Wildman–Crippen MR) is 118 cm³/mol. The van der Waals surface area contributed by atoms with E-state index in [1.165, 1.54) is 11.0 Å². The quantitative estimate of drug-likeness (QED) is 0.630. The number of aryl methyl sites for hydroxylation is 2. The average molecular weight is 461 g/mol. The van der Waals surface area contributed by atoms with Gasteiger partial charge in [0, 0.05) is 26.6 Å². The van der Waals surface area contributed by atoms with Gasteiger partial charge in [-0.05, 0) is 42.7 Å². The Bertz CT molecular complexity index is 1090. The highest BCUT2D eigenvalue weighted by Crippen LogP contribution is 2.28. The fraction of sp³-hybridized carbons (Fsp3) is 0.391. The first-order valence-corrected chi connectivity index (χ1v) is 11.8. The van der Waals surface area contributed by atoms with Crippen LogP contribution >= 0.6 is 0 Å². The maximum atomic E-state index is 13.1. The molecule has 1 aliphatic rings. The number of amides is 1. The lowest BCUT2D eigenvalue weighted by Crippen LogP contribution is -2.42. The molecule has 2 aromatic rings. The van der Waals surface area contributed by atoms with E-state index in [1.54, 1.807) is 26.1 Å². The predicted octanol–water partition coefficient (Wildman–Crippen LogP) is 1.63. The van der Waals surface area contributed by atoms with Crippen LogP contribution in [0.2, 0.25) is 0 Å². The first-order valence-electron chi connectivity index (χ1n) is 10.3. The number of benzene rings is 2. The van der Waals surface area contributed by atoms with E-state index < -0.39 is 40.7 Å². The third-order valence-electron chi connectivity index (χ3n) is 5.62. The number of carbonyl (C=O) groups is 2. The summed E-state index contributed by atoms with van der Waals surface area (Å²) in [7, 11) is -2.43. The summed E-state index contributed by atoms with van der Waals surface area (Å²) in [4.78, 5) is 26.5. The lowest BCUT2D eigenvalue weighted by Gasteiger charge is -2.23. The van der Waals surface area contributed by atoms with Gasteiger partial charge in [0.1, 0.15) is 6.04 Å². The highest BCUT2D eigenvalue weighted by molar-refractivity contribution is 7.89. The van der Waals surface area contributed by atoms with Crippen molar-refractivity contribution < 1.29 is 27.9 Å². The van der Waals surface area contributed by atoms with Crippen molar-refractivity contribution in [3.05, 3.63) is 65.2 Å². The Morgan fingerprint density at radius 2 is 1.81 bits per heavy atom. The minimum absolute atomic E-state index is 0.0474. The van der Waals surface area contributed by atoms with E-state index in [9.17, 15) is 23.1 Å². The summed E-state index contributed by atoms with van der Waals surface area (Å²) >= 11 is 0. The van der Waals surface area contributed by atoms with Crippen LogP contribution in [0.15, 0.2) is 53.4 Å². The second-order valence-corrected chi connectivity index (χ2v) is 9.96. The van der Waals surface area contributed by atoms with Gasteiger partial charge >= 0.3 is 5.97 Å². The van der Waals surface area contributed by atoms with Crippen LogP contribution in [0.4, 0.5) is 0 Å². The largest absolute Gasteiger partial charge is 0.454 e. The van der Waals surface area contributed by atoms with E-state index in [4.69, 9.17) is 4.74 Å². The van der Waals surface area contributed by atoms with E-state index in [1.807, 2.05) is 37.3 Å². The molecule has 1 aliphatic heterocycles. The lowest BCUT2D eigenvalue weighted by atomic mass is 10.1. The van der Waals surface area contributed by atoms with Gasteiger partial charge < -0.3 is 14.7 Å². The minimum atomic E-state index is -4.02. The number of carbonyl (C=O) groups excluding carboxylic acids is 2. The van der Waals surface area contributed by atoms with Crippen LogP contribution in [-0.2, 0) is 30.9 Å². The summed E-state index contributed by atoms with van der Waals surface area (Å²) in [5.41, 5.74) is 2.68. The molecule has 1 unspecified atom stereocenters. The SMILES string of the molecule is Cc1ccc(S(=O)(=O)N2CC(O)C[C@H]2C(=O)OCC(=O)N(C)Cc2ccccc2)cc1C. The van der Waals surface area contributed by atoms with Crippen molar-refractivity contribution in [3.8, 4) is 0 Å². The lowest BCUT2D eigenvalue weighted by molar-refractivity contribution is -0.154. The van der Waals surface area contributed by atoms with Crippen molar-refractivity contribution in [1.82, 2.24) is 9.21 Å². The molecule has 1 saturated heterocycles. The summed E-state index contributed by atoms with van der Waals surface area (Å²) in [6, 6.07) is 12.9. The van der Waals surface area contributed by atoms with Gasteiger partial charge in [0.2, 0.25) is 10.0 Å². The highest BCUT2D eigenvalue weighted by Gasteiger charge is 2.44. The topological polar surface area (TPSA) is 104 Å². The smallest absolute Gasteiger partial charge is 0.325 e. The van der Waals surface area contributed by atoms with Crippen molar-refractivity contribution >= 4 is 21.9 Å². The average Bonchev–Trinajstić information content (AvgIpc) is 3.17. The Morgan fingerprint density at radius 1 is 1.12 bits per heavy atom. The molecule has 2 atom stereocenters. The van der Waals surface area contributed by atoms with Gasteiger partial charge in [0.05, 0.1) is 11.0 Å². The summed E-state index contributed by atoms with van der Waals surface area (Å²) in [6.07, 6.45) is -1.08. The summed E-state index contributed by atoms with van der Waals surface area (Å²) in [5.74, 6) is -1.26. The Balaban J connectivity index is 1.67. The molecule has 1 amide bonds. The second kappa shape index (κ2) is 9.81. The molecular weight excluding hydrogens is 432 g/mol. The van der Waals surface area contributed by atoms with Gasteiger partial charge in [0.15, 0.2) is 6.61 Å². The fourth-order valence-corrected chi connectivity index (χ4v) is 5.27. The van der Waals surface area contributed by atoms with Crippen molar-refractivity contribution in [1.29, 1.82) is 0 Å². The zero-order valence-corrected chi connectivity index (χ0v) is 19.2.